The molecule has 5 heteroatoms. The minimum atomic E-state index is -0.808. The molecule has 86 valence electrons. The molecule has 0 bridgehead atoms. The zero-order valence-electron chi connectivity index (χ0n) is 8.97. The van der Waals surface area contributed by atoms with E-state index in [0.717, 1.165) is 11.3 Å². The van der Waals surface area contributed by atoms with Gasteiger partial charge in [0.15, 0.2) is 0 Å². The van der Waals surface area contributed by atoms with Crippen LogP contribution in [0.1, 0.15) is 12.5 Å². The fraction of sp³-hybridized carbons (Fsp3) is 0.273. The van der Waals surface area contributed by atoms with E-state index in [2.05, 4.69) is 5.32 Å². The molecule has 4 nitrogen and oxygen atoms in total. The van der Waals surface area contributed by atoms with E-state index in [1.165, 1.54) is 11.8 Å². The summed E-state index contributed by atoms with van der Waals surface area (Å²) in [6.45, 7) is 1.74. The highest BCUT2D eigenvalue weighted by molar-refractivity contribution is 7.99. The molecule has 0 spiro atoms. The van der Waals surface area contributed by atoms with Gasteiger partial charge in [-0.15, -0.1) is 11.8 Å². The van der Waals surface area contributed by atoms with Crippen LogP contribution in [-0.2, 0) is 10.5 Å². The molecule has 1 aromatic rings. The molecule has 0 heterocycles. The third-order valence-electron chi connectivity index (χ3n) is 1.96. The third-order valence-corrected chi connectivity index (χ3v) is 3.17. The van der Waals surface area contributed by atoms with E-state index in [0.29, 0.717) is 0 Å². The number of nitrogens with two attached hydrogens (primary N) is 1. The molecule has 1 unspecified atom stereocenters. The van der Waals surface area contributed by atoms with Crippen LogP contribution >= 0.6 is 11.8 Å². The maximum atomic E-state index is 11.3. The molecule has 0 fully saturated rings. The second-order valence-electron chi connectivity index (χ2n) is 3.29. The molecule has 0 aliphatic rings. The highest BCUT2D eigenvalue weighted by Gasteiger charge is 2.14. The minimum Gasteiger partial charge on any atom is -0.351 e. The summed E-state index contributed by atoms with van der Waals surface area (Å²) >= 11 is 1.46. The van der Waals surface area contributed by atoms with E-state index in [1.54, 1.807) is 6.92 Å². The lowest BCUT2D eigenvalue weighted by molar-refractivity contribution is -0.119. The highest BCUT2D eigenvalue weighted by atomic mass is 32.2. The largest absolute Gasteiger partial charge is 0.351 e. The van der Waals surface area contributed by atoms with Gasteiger partial charge < -0.3 is 5.73 Å². The minimum absolute atomic E-state index is 0.298. The lowest BCUT2D eigenvalue weighted by atomic mass is 10.2. The Bertz CT molecular complexity index is 368. The van der Waals surface area contributed by atoms with Gasteiger partial charge in [-0.25, -0.2) is 4.79 Å². The van der Waals surface area contributed by atoms with Gasteiger partial charge in [-0.3, -0.25) is 10.1 Å². The first-order valence-corrected chi connectivity index (χ1v) is 5.90. The molecule has 0 radical (unpaired) electrons. The van der Waals surface area contributed by atoms with Crippen LogP contribution in [0.3, 0.4) is 0 Å². The second kappa shape index (κ2) is 6.17. The van der Waals surface area contributed by atoms with E-state index in [-0.39, 0.29) is 11.2 Å². The molecule has 3 amide bonds. The highest BCUT2D eigenvalue weighted by Crippen LogP contribution is 2.17. The van der Waals surface area contributed by atoms with Gasteiger partial charge >= 0.3 is 6.03 Å². The predicted octanol–water partition coefficient (Wildman–Crippen LogP) is 1.50. The number of benzene rings is 1. The smallest absolute Gasteiger partial charge is 0.318 e. The van der Waals surface area contributed by atoms with Gasteiger partial charge in [0.05, 0.1) is 5.25 Å². The van der Waals surface area contributed by atoms with E-state index in [9.17, 15) is 9.59 Å². The average molecular weight is 238 g/mol. The molecule has 1 aromatic carbocycles. The Morgan fingerprint density at radius 3 is 2.56 bits per heavy atom. The molecule has 0 saturated carbocycles. The fourth-order valence-corrected chi connectivity index (χ4v) is 1.94. The zero-order valence-corrected chi connectivity index (χ0v) is 9.79. The number of carbonyl (C=O) groups is 2. The Morgan fingerprint density at radius 1 is 1.38 bits per heavy atom. The van der Waals surface area contributed by atoms with E-state index < -0.39 is 6.03 Å². The number of rotatable bonds is 4. The SMILES string of the molecule is CC(SCc1ccccc1)C(=O)NC(N)=O. The summed E-state index contributed by atoms with van der Waals surface area (Å²) in [6, 6.07) is 9.01. The van der Waals surface area contributed by atoms with Gasteiger partial charge in [0, 0.05) is 5.75 Å². The number of hydrogen-bond donors (Lipinski definition) is 2. The van der Waals surface area contributed by atoms with Gasteiger partial charge in [0.25, 0.3) is 0 Å². The lowest BCUT2D eigenvalue weighted by Crippen LogP contribution is -2.39. The first kappa shape index (κ1) is 12.6. The molecule has 3 N–H and O–H groups in total. The Kier molecular flexibility index (Phi) is 4.85. The average Bonchev–Trinajstić information content (AvgIpc) is 2.26. The number of nitrogens with one attached hydrogen (secondary N) is 1. The van der Waals surface area contributed by atoms with Crippen LogP contribution < -0.4 is 11.1 Å². The lowest BCUT2D eigenvalue weighted by Gasteiger charge is -2.09. The van der Waals surface area contributed by atoms with Gasteiger partial charge in [-0.1, -0.05) is 30.3 Å². The number of imide groups is 1. The molecular weight excluding hydrogens is 224 g/mol. The maximum Gasteiger partial charge on any atom is 0.318 e. The first-order valence-electron chi connectivity index (χ1n) is 4.85. The van der Waals surface area contributed by atoms with Gasteiger partial charge in [0.1, 0.15) is 0 Å². The first-order chi connectivity index (χ1) is 7.59. The third kappa shape index (κ3) is 4.35. The zero-order chi connectivity index (χ0) is 12.0. The number of urea groups is 1. The van der Waals surface area contributed by atoms with Crippen LogP contribution in [0, 0.1) is 0 Å². The Hall–Kier alpha value is -1.49. The molecule has 0 aromatic heterocycles. The van der Waals surface area contributed by atoms with Crippen molar-refractivity contribution in [2.45, 2.75) is 17.9 Å². The van der Waals surface area contributed by atoms with Crippen molar-refractivity contribution in [1.29, 1.82) is 0 Å². The van der Waals surface area contributed by atoms with Crippen LogP contribution in [0.4, 0.5) is 4.79 Å². The van der Waals surface area contributed by atoms with Crippen molar-refractivity contribution in [2.24, 2.45) is 5.73 Å². The maximum absolute atomic E-state index is 11.3. The van der Waals surface area contributed by atoms with Crippen LogP contribution in [0.5, 0.6) is 0 Å². The summed E-state index contributed by atoms with van der Waals surface area (Å²) in [5.74, 6) is 0.377. The molecular formula is C11H14N2O2S. The summed E-state index contributed by atoms with van der Waals surface area (Å²) in [6.07, 6.45) is 0. The Labute approximate surface area is 98.6 Å². The number of hydrogen-bond acceptors (Lipinski definition) is 3. The summed E-state index contributed by atoms with van der Waals surface area (Å²) < 4.78 is 0. The summed E-state index contributed by atoms with van der Waals surface area (Å²) in [4.78, 5) is 21.8. The molecule has 1 rings (SSSR count). The number of thioether (sulfide) groups is 1. The molecule has 0 aliphatic carbocycles. The Balaban J connectivity index is 2.38. The molecule has 0 aliphatic heterocycles. The van der Waals surface area contributed by atoms with Crippen LogP contribution in [-0.4, -0.2) is 17.2 Å². The van der Waals surface area contributed by atoms with Crippen molar-refractivity contribution in [3.63, 3.8) is 0 Å². The van der Waals surface area contributed by atoms with Crippen molar-refractivity contribution in [1.82, 2.24) is 5.32 Å². The van der Waals surface area contributed by atoms with Gasteiger partial charge in [-0.05, 0) is 12.5 Å². The molecule has 0 saturated heterocycles. The topological polar surface area (TPSA) is 72.2 Å². The van der Waals surface area contributed by atoms with Crippen LogP contribution in [0.2, 0.25) is 0 Å². The fourth-order valence-electron chi connectivity index (χ4n) is 1.09. The molecule has 1 atom stereocenters. The number of carbonyl (C=O) groups excluding carboxylic acids is 2. The van der Waals surface area contributed by atoms with E-state index >= 15 is 0 Å². The van der Waals surface area contributed by atoms with Crippen molar-refractivity contribution in [3.05, 3.63) is 35.9 Å². The van der Waals surface area contributed by atoms with Crippen molar-refractivity contribution >= 4 is 23.7 Å². The standard InChI is InChI=1S/C11H14N2O2S/c1-8(10(14)13-11(12)15)16-7-9-5-3-2-4-6-9/h2-6,8H,7H2,1H3,(H3,12,13,14,15). The monoisotopic (exact) mass is 238 g/mol. The summed E-state index contributed by atoms with van der Waals surface area (Å²) in [5, 5.41) is 1.76. The van der Waals surface area contributed by atoms with Crippen LogP contribution in [0.15, 0.2) is 30.3 Å². The summed E-state index contributed by atoms with van der Waals surface area (Å²) in [5.41, 5.74) is 6.00. The van der Waals surface area contributed by atoms with Crippen molar-refractivity contribution < 1.29 is 9.59 Å². The van der Waals surface area contributed by atoms with Gasteiger partial charge in [0.2, 0.25) is 5.91 Å². The normalized spacial score (nSPS) is 11.8. The quantitative estimate of drug-likeness (QED) is 0.835. The van der Waals surface area contributed by atoms with Gasteiger partial charge in [-0.2, -0.15) is 0 Å². The number of amides is 3. The van der Waals surface area contributed by atoms with Crippen molar-refractivity contribution in [3.8, 4) is 0 Å². The summed E-state index contributed by atoms with van der Waals surface area (Å²) in [7, 11) is 0. The number of primary amides is 1. The van der Waals surface area contributed by atoms with Crippen LogP contribution in [0.25, 0.3) is 0 Å². The second-order valence-corrected chi connectivity index (χ2v) is 4.62. The Morgan fingerprint density at radius 2 is 2.00 bits per heavy atom. The van der Waals surface area contributed by atoms with E-state index in [1.807, 2.05) is 30.3 Å². The predicted molar refractivity (Wildman–Crippen MR) is 64.9 cm³/mol. The van der Waals surface area contributed by atoms with E-state index in [4.69, 9.17) is 5.73 Å². The van der Waals surface area contributed by atoms with Crippen molar-refractivity contribution in [2.75, 3.05) is 0 Å². The molecule has 16 heavy (non-hydrogen) atoms.